The Labute approximate surface area is 90.0 Å². The normalized spacial score (nSPS) is 9.87. The van der Waals surface area contributed by atoms with Crippen molar-refractivity contribution in [3.8, 4) is 6.07 Å². The summed E-state index contributed by atoms with van der Waals surface area (Å²) < 4.78 is 1.62. The second-order valence-corrected chi connectivity index (χ2v) is 3.39. The molecule has 0 saturated carbocycles. The van der Waals surface area contributed by atoms with Crippen LogP contribution in [0.3, 0.4) is 0 Å². The fraction of sp³-hybridized carbons (Fsp3) is 0.455. The van der Waals surface area contributed by atoms with Gasteiger partial charge in [-0.1, -0.05) is 19.4 Å². The molecule has 0 spiro atoms. The van der Waals surface area contributed by atoms with E-state index in [1.165, 1.54) is 0 Å². The van der Waals surface area contributed by atoms with Crippen LogP contribution >= 0.6 is 0 Å². The van der Waals surface area contributed by atoms with Crippen LogP contribution in [0.2, 0.25) is 0 Å². The Bertz CT molecular complexity index is 384. The van der Waals surface area contributed by atoms with E-state index in [1.807, 2.05) is 0 Å². The summed E-state index contributed by atoms with van der Waals surface area (Å²) >= 11 is 0. The lowest BCUT2D eigenvalue weighted by Gasteiger charge is -1.97. The number of nitrogens with zero attached hydrogens (tertiary/aromatic N) is 3. The summed E-state index contributed by atoms with van der Waals surface area (Å²) in [6.07, 6.45) is 4.64. The molecule has 0 radical (unpaired) electrons. The SMILES string of the molecule is C=CCn1nc(CCCC)c(C#N)c1N. The average Bonchev–Trinajstić information content (AvgIpc) is 2.53. The molecule has 1 aromatic rings. The van der Waals surface area contributed by atoms with E-state index < -0.39 is 0 Å². The molecule has 0 aliphatic carbocycles. The van der Waals surface area contributed by atoms with Crippen LogP contribution in [0.4, 0.5) is 5.82 Å². The van der Waals surface area contributed by atoms with Crippen LogP contribution in [-0.4, -0.2) is 9.78 Å². The summed E-state index contributed by atoms with van der Waals surface area (Å²) in [5.41, 5.74) is 7.13. The van der Waals surface area contributed by atoms with Gasteiger partial charge in [0.15, 0.2) is 0 Å². The highest BCUT2D eigenvalue weighted by molar-refractivity contribution is 5.52. The third-order valence-electron chi connectivity index (χ3n) is 2.25. The van der Waals surface area contributed by atoms with Crippen molar-refractivity contribution in [3.05, 3.63) is 23.9 Å². The monoisotopic (exact) mass is 204 g/mol. The summed E-state index contributed by atoms with van der Waals surface area (Å²) in [6, 6.07) is 2.11. The molecule has 1 aromatic heterocycles. The molecule has 4 nitrogen and oxygen atoms in total. The van der Waals surface area contributed by atoms with Crippen molar-refractivity contribution in [2.45, 2.75) is 32.7 Å². The van der Waals surface area contributed by atoms with E-state index in [0.29, 0.717) is 17.9 Å². The maximum absolute atomic E-state index is 8.97. The van der Waals surface area contributed by atoms with Gasteiger partial charge in [-0.15, -0.1) is 6.58 Å². The second kappa shape index (κ2) is 5.20. The third kappa shape index (κ3) is 2.38. The molecule has 1 rings (SSSR count). The van der Waals surface area contributed by atoms with Gasteiger partial charge in [-0.3, -0.25) is 0 Å². The van der Waals surface area contributed by atoms with Crippen LogP contribution in [0.15, 0.2) is 12.7 Å². The molecule has 0 fully saturated rings. The lowest BCUT2D eigenvalue weighted by Crippen LogP contribution is -2.03. The molecule has 0 unspecified atom stereocenters. The van der Waals surface area contributed by atoms with Crippen LogP contribution in [0, 0.1) is 11.3 Å². The van der Waals surface area contributed by atoms with Gasteiger partial charge in [0.2, 0.25) is 0 Å². The highest BCUT2D eigenvalue weighted by Gasteiger charge is 2.13. The molecule has 80 valence electrons. The van der Waals surface area contributed by atoms with Crippen LogP contribution in [0.5, 0.6) is 0 Å². The van der Waals surface area contributed by atoms with Crippen molar-refractivity contribution in [1.82, 2.24) is 9.78 Å². The van der Waals surface area contributed by atoms with E-state index in [2.05, 4.69) is 24.7 Å². The predicted molar refractivity (Wildman–Crippen MR) is 60.2 cm³/mol. The summed E-state index contributed by atoms with van der Waals surface area (Å²) in [5.74, 6) is 0.448. The standard InChI is InChI=1S/C11H16N4/c1-3-5-6-10-9(8-12)11(13)15(14-10)7-4-2/h4H,2-3,5-7,13H2,1H3. The topological polar surface area (TPSA) is 67.6 Å². The molecule has 0 saturated heterocycles. The molecule has 0 aliphatic rings. The number of allylic oxidation sites excluding steroid dienone is 1. The lowest BCUT2D eigenvalue weighted by molar-refractivity contribution is 0.679. The van der Waals surface area contributed by atoms with E-state index in [-0.39, 0.29) is 0 Å². The number of nitrogen functional groups attached to an aromatic ring is 1. The van der Waals surface area contributed by atoms with Gasteiger partial charge in [-0.25, -0.2) is 4.68 Å². The van der Waals surface area contributed by atoms with Crippen molar-refractivity contribution in [3.63, 3.8) is 0 Å². The predicted octanol–water partition coefficient (Wildman–Crippen LogP) is 1.87. The minimum absolute atomic E-state index is 0.448. The number of anilines is 1. The van der Waals surface area contributed by atoms with E-state index in [4.69, 9.17) is 11.0 Å². The molecule has 0 bridgehead atoms. The zero-order chi connectivity index (χ0) is 11.3. The molecule has 2 N–H and O–H groups in total. The number of nitriles is 1. The van der Waals surface area contributed by atoms with E-state index >= 15 is 0 Å². The third-order valence-corrected chi connectivity index (χ3v) is 2.25. The Hall–Kier alpha value is -1.76. The summed E-state index contributed by atoms with van der Waals surface area (Å²) in [4.78, 5) is 0. The smallest absolute Gasteiger partial charge is 0.140 e. The van der Waals surface area contributed by atoms with Crippen LogP contribution in [0.25, 0.3) is 0 Å². The van der Waals surface area contributed by atoms with Gasteiger partial charge >= 0.3 is 0 Å². The number of unbranched alkanes of at least 4 members (excludes halogenated alkanes) is 1. The number of aryl methyl sites for hydroxylation is 1. The van der Waals surface area contributed by atoms with Gasteiger partial charge in [0, 0.05) is 0 Å². The van der Waals surface area contributed by atoms with Gasteiger partial charge < -0.3 is 5.73 Å². The minimum Gasteiger partial charge on any atom is -0.383 e. The van der Waals surface area contributed by atoms with Crippen molar-refractivity contribution in [2.75, 3.05) is 5.73 Å². The Kier molecular flexibility index (Phi) is 3.92. The van der Waals surface area contributed by atoms with Gasteiger partial charge in [-0.05, 0) is 12.8 Å². The molecule has 0 aromatic carbocycles. The number of rotatable bonds is 5. The number of hydrogen-bond acceptors (Lipinski definition) is 3. The Morgan fingerprint density at radius 3 is 2.93 bits per heavy atom. The molecule has 0 aliphatic heterocycles. The lowest BCUT2D eigenvalue weighted by atomic mass is 10.1. The first kappa shape index (κ1) is 11.3. The molecule has 4 heteroatoms. The van der Waals surface area contributed by atoms with Gasteiger partial charge in [0.1, 0.15) is 17.5 Å². The first-order chi connectivity index (χ1) is 7.24. The van der Waals surface area contributed by atoms with Crippen LogP contribution in [0.1, 0.15) is 31.0 Å². The summed E-state index contributed by atoms with van der Waals surface area (Å²) in [5, 5.41) is 13.3. The number of hydrogen-bond donors (Lipinski definition) is 1. The highest BCUT2D eigenvalue weighted by atomic mass is 15.3. The Balaban J connectivity index is 3.00. The highest BCUT2D eigenvalue weighted by Crippen LogP contribution is 2.17. The van der Waals surface area contributed by atoms with E-state index in [9.17, 15) is 0 Å². The van der Waals surface area contributed by atoms with E-state index in [0.717, 1.165) is 25.0 Å². The summed E-state index contributed by atoms with van der Waals surface area (Å²) in [6.45, 7) is 6.28. The number of nitrogens with two attached hydrogens (primary N) is 1. The molecular weight excluding hydrogens is 188 g/mol. The van der Waals surface area contributed by atoms with E-state index in [1.54, 1.807) is 10.8 Å². The van der Waals surface area contributed by atoms with Gasteiger partial charge in [-0.2, -0.15) is 10.4 Å². The van der Waals surface area contributed by atoms with Crippen molar-refractivity contribution < 1.29 is 0 Å². The average molecular weight is 204 g/mol. The fourth-order valence-electron chi connectivity index (χ4n) is 1.43. The van der Waals surface area contributed by atoms with Gasteiger partial charge in [0.25, 0.3) is 0 Å². The van der Waals surface area contributed by atoms with Crippen molar-refractivity contribution >= 4 is 5.82 Å². The maximum Gasteiger partial charge on any atom is 0.140 e. The quantitative estimate of drug-likeness (QED) is 0.744. The van der Waals surface area contributed by atoms with Crippen LogP contribution in [-0.2, 0) is 13.0 Å². The van der Waals surface area contributed by atoms with Gasteiger partial charge in [0.05, 0.1) is 12.2 Å². The molecular formula is C11H16N4. The first-order valence-electron chi connectivity index (χ1n) is 5.10. The minimum atomic E-state index is 0.448. The molecule has 1 heterocycles. The largest absolute Gasteiger partial charge is 0.383 e. The fourth-order valence-corrected chi connectivity index (χ4v) is 1.43. The Morgan fingerprint density at radius 1 is 1.67 bits per heavy atom. The zero-order valence-electron chi connectivity index (χ0n) is 9.03. The maximum atomic E-state index is 8.97. The second-order valence-electron chi connectivity index (χ2n) is 3.39. The van der Waals surface area contributed by atoms with Crippen LogP contribution < -0.4 is 5.73 Å². The van der Waals surface area contributed by atoms with Crippen molar-refractivity contribution in [2.24, 2.45) is 0 Å². The first-order valence-corrected chi connectivity index (χ1v) is 5.10. The molecule has 15 heavy (non-hydrogen) atoms. The molecule has 0 atom stereocenters. The number of aromatic nitrogens is 2. The Morgan fingerprint density at radius 2 is 2.40 bits per heavy atom. The van der Waals surface area contributed by atoms with Crippen molar-refractivity contribution in [1.29, 1.82) is 5.26 Å². The zero-order valence-corrected chi connectivity index (χ0v) is 9.03. The summed E-state index contributed by atoms with van der Waals surface area (Å²) in [7, 11) is 0. The molecule has 0 amide bonds.